The van der Waals surface area contributed by atoms with Crippen LogP contribution in [0.15, 0.2) is 42.5 Å². The highest BCUT2D eigenvalue weighted by Gasteiger charge is 2.30. The summed E-state index contributed by atoms with van der Waals surface area (Å²) in [4.78, 5) is 16.6. The van der Waals surface area contributed by atoms with Gasteiger partial charge in [0.1, 0.15) is 10.8 Å². The molecule has 3 rings (SSSR count). The van der Waals surface area contributed by atoms with Crippen molar-refractivity contribution in [2.24, 2.45) is 0 Å². The van der Waals surface area contributed by atoms with Crippen LogP contribution < -0.4 is 4.74 Å². The number of carboxylic acid groups (broad SMARTS) is 1. The van der Waals surface area contributed by atoms with E-state index in [0.717, 1.165) is 33.8 Å². The highest BCUT2D eigenvalue weighted by atomic mass is 32.1. The van der Waals surface area contributed by atoms with Crippen LogP contribution in [0.3, 0.4) is 0 Å². The van der Waals surface area contributed by atoms with Gasteiger partial charge in [0.15, 0.2) is 0 Å². The molecule has 0 aliphatic rings. The van der Waals surface area contributed by atoms with Gasteiger partial charge in [-0.05, 0) is 54.7 Å². The molecule has 0 radical (unpaired) electrons. The fraction of sp³-hybridized carbons (Fsp3) is 0.385. The van der Waals surface area contributed by atoms with Crippen molar-refractivity contribution in [3.63, 3.8) is 0 Å². The third kappa shape index (κ3) is 6.38. The normalized spacial score (nSPS) is 12.7. The Morgan fingerprint density at radius 1 is 1.12 bits per heavy atom. The van der Waals surface area contributed by atoms with Crippen LogP contribution in [-0.4, -0.2) is 22.7 Å². The van der Waals surface area contributed by atoms with Crippen LogP contribution >= 0.6 is 11.3 Å². The van der Waals surface area contributed by atoms with Crippen LogP contribution in [0.5, 0.6) is 5.75 Å². The smallest absolute Gasteiger partial charge is 0.416 e. The third-order valence-corrected chi connectivity index (χ3v) is 6.91. The zero-order valence-corrected chi connectivity index (χ0v) is 20.4. The molecular weight excluding hydrogens is 463 g/mol. The minimum atomic E-state index is -4.37. The molecule has 1 aromatic heterocycles. The number of aromatic nitrogens is 1. The van der Waals surface area contributed by atoms with Crippen LogP contribution in [0.1, 0.15) is 66.3 Å². The van der Waals surface area contributed by atoms with Crippen molar-refractivity contribution in [1.82, 2.24) is 4.98 Å². The lowest BCUT2D eigenvalue weighted by Gasteiger charge is -2.15. The fourth-order valence-corrected chi connectivity index (χ4v) is 4.87. The number of ether oxygens (including phenoxy) is 1. The molecule has 1 N–H and O–H groups in total. The average Bonchev–Trinajstić information content (AvgIpc) is 3.22. The first-order valence-corrected chi connectivity index (χ1v) is 11.9. The van der Waals surface area contributed by atoms with E-state index in [1.807, 2.05) is 45.9 Å². The maximum atomic E-state index is 12.9. The quantitative estimate of drug-likeness (QED) is 0.337. The Hall–Kier alpha value is -2.87. The number of carboxylic acids is 1. The number of nitrogens with zero attached hydrogens (tertiary/aromatic N) is 1. The Morgan fingerprint density at radius 2 is 1.79 bits per heavy atom. The summed E-state index contributed by atoms with van der Waals surface area (Å²) in [6.45, 7) is 8.49. The van der Waals surface area contributed by atoms with E-state index in [1.165, 1.54) is 23.5 Å². The van der Waals surface area contributed by atoms with Crippen molar-refractivity contribution in [3.05, 3.63) is 69.7 Å². The number of carbonyl (C=O) groups is 1. The van der Waals surface area contributed by atoms with E-state index >= 15 is 0 Å². The van der Waals surface area contributed by atoms with Gasteiger partial charge in [-0.25, -0.2) is 4.98 Å². The van der Waals surface area contributed by atoms with Crippen molar-refractivity contribution in [3.8, 4) is 16.3 Å². The second kappa shape index (κ2) is 10.6. The fourth-order valence-electron chi connectivity index (χ4n) is 3.61. The molecule has 0 aliphatic heterocycles. The van der Waals surface area contributed by atoms with Gasteiger partial charge in [-0.3, -0.25) is 4.79 Å². The third-order valence-electron chi connectivity index (χ3n) is 5.56. The molecule has 0 spiro atoms. The molecule has 0 saturated heterocycles. The van der Waals surface area contributed by atoms with E-state index in [2.05, 4.69) is 0 Å². The standard InChI is InChI=1S/C26H28F3NO3S/c1-15(2)23-24(34-25(30-23)19-5-9-20(10-6-19)26(27,28)29)17(4)14-33-21-11-7-18(16(3)13-21)8-12-22(31)32/h5-7,9-11,13,15,17H,8,12,14H2,1-4H3,(H,31,32)/t17-/m1/s1. The molecule has 0 amide bonds. The van der Waals surface area contributed by atoms with Crippen LogP contribution in [0.4, 0.5) is 13.2 Å². The number of rotatable bonds is 9. The molecule has 182 valence electrons. The zero-order valence-electron chi connectivity index (χ0n) is 19.6. The summed E-state index contributed by atoms with van der Waals surface area (Å²) >= 11 is 1.48. The van der Waals surface area contributed by atoms with Gasteiger partial charge in [0.05, 0.1) is 17.9 Å². The molecule has 0 unspecified atom stereocenters. The van der Waals surface area contributed by atoms with E-state index in [1.54, 1.807) is 0 Å². The number of hydrogen-bond acceptors (Lipinski definition) is 4. The molecule has 0 saturated carbocycles. The predicted octanol–water partition coefficient (Wildman–Crippen LogP) is 7.46. The average molecular weight is 492 g/mol. The minimum absolute atomic E-state index is 0.0325. The minimum Gasteiger partial charge on any atom is -0.493 e. The molecule has 0 aliphatic carbocycles. The SMILES string of the molecule is Cc1cc(OC[C@@H](C)c2sc(-c3ccc(C(F)(F)F)cc3)nc2C(C)C)ccc1CCC(=O)O. The van der Waals surface area contributed by atoms with Gasteiger partial charge in [0, 0.05) is 22.8 Å². The highest BCUT2D eigenvalue weighted by molar-refractivity contribution is 7.15. The molecule has 34 heavy (non-hydrogen) atoms. The first-order chi connectivity index (χ1) is 16.0. The Kier molecular flexibility index (Phi) is 8.02. The monoisotopic (exact) mass is 491 g/mol. The Labute approximate surface area is 201 Å². The summed E-state index contributed by atoms with van der Waals surface area (Å²) < 4.78 is 44.7. The van der Waals surface area contributed by atoms with Crippen LogP contribution in [0, 0.1) is 6.92 Å². The van der Waals surface area contributed by atoms with Crippen molar-refractivity contribution in [2.75, 3.05) is 6.61 Å². The van der Waals surface area contributed by atoms with Crippen molar-refractivity contribution < 1.29 is 27.8 Å². The summed E-state index contributed by atoms with van der Waals surface area (Å²) in [5, 5.41) is 9.57. The first kappa shape index (κ1) is 25.7. The largest absolute Gasteiger partial charge is 0.493 e. The number of alkyl halides is 3. The molecular formula is C26H28F3NO3S. The van der Waals surface area contributed by atoms with Gasteiger partial charge in [-0.2, -0.15) is 13.2 Å². The van der Waals surface area contributed by atoms with Crippen molar-refractivity contribution in [1.29, 1.82) is 0 Å². The maximum Gasteiger partial charge on any atom is 0.416 e. The summed E-state index contributed by atoms with van der Waals surface area (Å²) in [5.41, 5.74) is 2.87. The highest BCUT2D eigenvalue weighted by Crippen LogP contribution is 2.38. The van der Waals surface area contributed by atoms with Crippen LogP contribution in [0.25, 0.3) is 10.6 Å². The van der Waals surface area contributed by atoms with E-state index in [4.69, 9.17) is 14.8 Å². The number of benzene rings is 2. The lowest BCUT2D eigenvalue weighted by atomic mass is 10.0. The summed E-state index contributed by atoms with van der Waals surface area (Å²) in [7, 11) is 0. The Morgan fingerprint density at radius 3 is 2.35 bits per heavy atom. The topological polar surface area (TPSA) is 59.4 Å². The Bertz CT molecular complexity index is 1140. The van der Waals surface area contributed by atoms with E-state index < -0.39 is 17.7 Å². The number of halogens is 3. The van der Waals surface area contributed by atoms with Crippen molar-refractivity contribution >= 4 is 17.3 Å². The lowest BCUT2D eigenvalue weighted by molar-refractivity contribution is -0.138. The zero-order chi connectivity index (χ0) is 25.0. The van der Waals surface area contributed by atoms with Gasteiger partial charge < -0.3 is 9.84 Å². The molecule has 2 aromatic carbocycles. The molecule has 3 aromatic rings. The molecule has 0 fully saturated rings. The second-order valence-electron chi connectivity index (χ2n) is 8.69. The Balaban J connectivity index is 1.74. The maximum absolute atomic E-state index is 12.9. The van der Waals surface area contributed by atoms with Gasteiger partial charge in [-0.15, -0.1) is 11.3 Å². The predicted molar refractivity (Wildman–Crippen MR) is 128 cm³/mol. The van der Waals surface area contributed by atoms with Gasteiger partial charge >= 0.3 is 12.1 Å². The second-order valence-corrected chi connectivity index (χ2v) is 9.72. The van der Waals surface area contributed by atoms with E-state index in [0.29, 0.717) is 29.3 Å². The number of hydrogen-bond donors (Lipinski definition) is 1. The summed E-state index contributed by atoms with van der Waals surface area (Å²) in [6.07, 6.45) is -3.81. The molecule has 8 heteroatoms. The number of aryl methyl sites for hydroxylation is 2. The lowest BCUT2D eigenvalue weighted by Crippen LogP contribution is -2.08. The van der Waals surface area contributed by atoms with E-state index in [9.17, 15) is 18.0 Å². The molecule has 4 nitrogen and oxygen atoms in total. The van der Waals surface area contributed by atoms with Gasteiger partial charge in [-0.1, -0.05) is 39.0 Å². The molecule has 1 heterocycles. The number of thiazole rings is 1. The van der Waals surface area contributed by atoms with Crippen LogP contribution in [0.2, 0.25) is 0 Å². The molecule has 0 bridgehead atoms. The summed E-state index contributed by atoms with van der Waals surface area (Å²) in [6, 6.07) is 10.7. The van der Waals surface area contributed by atoms with Gasteiger partial charge in [0.2, 0.25) is 0 Å². The number of aliphatic carboxylic acids is 1. The molecule has 1 atom stereocenters. The van der Waals surface area contributed by atoms with Crippen molar-refractivity contribution in [2.45, 2.75) is 58.5 Å². The summed E-state index contributed by atoms with van der Waals surface area (Å²) in [5.74, 6) is 0.0782. The van der Waals surface area contributed by atoms with Gasteiger partial charge in [0.25, 0.3) is 0 Å². The first-order valence-electron chi connectivity index (χ1n) is 11.1. The van der Waals surface area contributed by atoms with E-state index in [-0.39, 0.29) is 18.3 Å². The van der Waals surface area contributed by atoms with Crippen LogP contribution in [-0.2, 0) is 17.4 Å².